The normalized spacial score (nSPS) is 15.8. The molecule has 0 spiro atoms. The van der Waals surface area contributed by atoms with E-state index in [1.807, 2.05) is 80.5 Å². The van der Waals surface area contributed by atoms with Gasteiger partial charge >= 0.3 is 0 Å². The number of amides is 1. The Hall–Kier alpha value is -3.41. The molecule has 1 amide bonds. The molecule has 1 aliphatic heterocycles. The lowest BCUT2D eigenvalue weighted by Gasteiger charge is -2.12. The topological polar surface area (TPSA) is 64.6 Å². The smallest absolute Gasteiger partial charge is 0.283 e. The van der Waals surface area contributed by atoms with E-state index < -0.39 is 0 Å². The first-order valence-electron chi connectivity index (χ1n) is 8.37. The van der Waals surface area contributed by atoms with Gasteiger partial charge in [0.1, 0.15) is 0 Å². The number of carbonyl (C=O) groups excluding carboxylic acids is 1. The highest BCUT2D eigenvalue weighted by Crippen LogP contribution is 2.25. The van der Waals surface area contributed by atoms with Crippen LogP contribution in [0.3, 0.4) is 0 Å². The zero-order chi connectivity index (χ0) is 18.3. The van der Waals surface area contributed by atoms with Gasteiger partial charge in [-0.25, -0.2) is 4.98 Å². The van der Waals surface area contributed by atoms with Crippen LogP contribution in [-0.2, 0) is 4.79 Å². The summed E-state index contributed by atoms with van der Waals surface area (Å²) in [4.78, 5) is 22.5. The van der Waals surface area contributed by atoms with Gasteiger partial charge in [-0.05, 0) is 42.8 Å². The number of aromatic nitrogens is 2. The molecule has 6 heteroatoms. The first kappa shape index (κ1) is 16.1. The first-order valence-corrected chi connectivity index (χ1v) is 8.37. The molecule has 0 aliphatic carbocycles. The number of hydrazone groups is 1. The van der Waals surface area contributed by atoms with E-state index in [0.717, 1.165) is 22.3 Å². The van der Waals surface area contributed by atoms with Crippen molar-refractivity contribution in [2.24, 2.45) is 5.10 Å². The van der Waals surface area contributed by atoms with Crippen molar-refractivity contribution < 1.29 is 4.79 Å². The zero-order valence-corrected chi connectivity index (χ0v) is 14.9. The predicted octanol–water partition coefficient (Wildman–Crippen LogP) is 3.44. The molecule has 1 aromatic heterocycles. The third-order valence-electron chi connectivity index (χ3n) is 4.36. The lowest BCUT2D eigenvalue weighted by molar-refractivity contribution is -0.114. The number of hydrogen-bond acceptors (Lipinski definition) is 4. The van der Waals surface area contributed by atoms with Crippen LogP contribution in [0.25, 0.3) is 17.1 Å². The number of imidazole rings is 1. The van der Waals surface area contributed by atoms with Crippen molar-refractivity contribution in [2.75, 3.05) is 24.0 Å². The molecule has 1 aliphatic rings. The van der Waals surface area contributed by atoms with E-state index in [4.69, 9.17) is 0 Å². The number of hydrogen-bond donors (Lipinski definition) is 1. The van der Waals surface area contributed by atoms with Gasteiger partial charge in [0.25, 0.3) is 5.91 Å². The maximum atomic E-state index is 12.8. The molecule has 0 saturated heterocycles. The number of aromatic amines is 1. The second kappa shape index (κ2) is 6.15. The van der Waals surface area contributed by atoms with Gasteiger partial charge in [0.15, 0.2) is 0 Å². The highest BCUT2D eigenvalue weighted by molar-refractivity contribution is 6.31. The minimum atomic E-state index is -0.182. The Labute approximate surface area is 151 Å². The zero-order valence-electron chi connectivity index (χ0n) is 14.9. The van der Waals surface area contributed by atoms with Crippen molar-refractivity contribution in [3.63, 3.8) is 0 Å². The third-order valence-corrected chi connectivity index (χ3v) is 4.36. The SMILES string of the molecule is CC1=NN(c2nc3ccccc3[nH]2)C(=O)/C1=C/c1ccc(N(C)C)cc1. The Morgan fingerprint density at radius 2 is 1.81 bits per heavy atom. The highest BCUT2D eigenvalue weighted by atomic mass is 16.2. The van der Waals surface area contributed by atoms with Crippen LogP contribution >= 0.6 is 0 Å². The minimum absolute atomic E-state index is 0.182. The molecule has 0 atom stereocenters. The van der Waals surface area contributed by atoms with Crippen molar-refractivity contribution >= 4 is 40.4 Å². The highest BCUT2D eigenvalue weighted by Gasteiger charge is 2.30. The van der Waals surface area contributed by atoms with Gasteiger partial charge in [0, 0.05) is 19.8 Å². The second-order valence-corrected chi connectivity index (χ2v) is 6.42. The van der Waals surface area contributed by atoms with E-state index in [9.17, 15) is 4.79 Å². The Bertz CT molecular complexity index is 1010. The van der Waals surface area contributed by atoms with Gasteiger partial charge < -0.3 is 9.88 Å². The molecule has 26 heavy (non-hydrogen) atoms. The molecule has 3 aromatic rings. The molecule has 0 fully saturated rings. The van der Waals surface area contributed by atoms with Crippen LogP contribution in [0.1, 0.15) is 12.5 Å². The molecule has 130 valence electrons. The van der Waals surface area contributed by atoms with Crippen LogP contribution < -0.4 is 9.91 Å². The molecule has 0 radical (unpaired) electrons. The number of fused-ring (bicyclic) bond motifs is 1. The van der Waals surface area contributed by atoms with Crippen LogP contribution in [-0.4, -0.2) is 35.7 Å². The van der Waals surface area contributed by atoms with Crippen LogP contribution in [0.4, 0.5) is 11.6 Å². The summed E-state index contributed by atoms with van der Waals surface area (Å²) in [7, 11) is 3.99. The van der Waals surface area contributed by atoms with Crippen molar-refractivity contribution in [2.45, 2.75) is 6.92 Å². The number of anilines is 2. The Morgan fingerprint density at radius 3 is 2.50 bits per heavy atom. The van der Waals surface area contributed by atoms with Crippen molar-refractivity contribution in [3.05, 3.63) is 59.7 Å². The Balaban J connectivity index is 1.65. The summed E-state index contributed by atoms with van der Waals surface area (Å²) in [5.41, 5.74) is 4.99. The molecule has 0 saturated carbocycles. The maximum absolute atomic E-state index is 12.8. The molecule has 2 heterocycles. The predicted molar refractivity (Wildman–Crippen MR) is 105 cm³/mol. The number of benzene rings is 2. The van der Waals surface area contributed by atoms with Crippen molar-refractivity contribution in [3.8, 4) is 0 Å². The fourth-order valence-electron chi connectivity index (χ4n) is 2.90. The Morgan fingerprint density at radius 1 is 1.08 bits per heavy atom. The quantitative estimate of drug-likeness (QED) is 0.740. The summed E-state index contributed by atoms with van der Waals surface area (Å²) in [5, 5.41) is 5.72. The average molecular weight is 345 g/mol. The standard InChI is InChI=1S/C20H19N5O/c1-13-16(12-14-8-10-15(11-9-14)24(2)3)19(26)25(23-13)20-21-17-6-4-5-7-18(17)22-20/h4-12H,1-3H3,(H,21,22)/b16-12+. The summed E-state index contributed by atoms with van der Waals surface area (Å²) < 4.78 is 0. The number of nitrogens with one attached hydrogen (secondary N) is 1. The monoisotopic (exact) mass is 345 g/mol. The third kappa shape index (κ3) is 2.75. The lowest BCUT2D eigenvalue weighted by Crippen LogP contribution is -2.22. The van der Waals surface area contributed by atoms with Crippen molar-refractivity contribution in [1.29, 1.82) is 0 Å². The van der Waals surface area contributed by atoms with E-state index in [1.54, 1.807) is 0 Å². The number of para-hydroxylation sites is 2. The number of H-pyrrole nitrogens is 1. The van der Waals surface area contributed by atoms with Gasteiger partial charge in [-0.15, -0.1) is 0 Å². The molecular formula is C20H19N5O. The minimum Gasteiger partial charge on any atom is -0.378 e. The number of nitrogens with zero attached hydrogens (tertiary/aromatic N) is 4. The van der Waals surface area contributed by atoms with E-state index in [-0.39, 0.29) is 5.91 Å². The van der Waals surface area contributed by atoms with Crippen LogP contribution in [0.5, 0.6) is 0 Å². The molecule has 0 unspecified atom stereocenters. The summed E-state index contributed by atoms with van der Waals surface area (Å²) in [6.45, 7) is 1.83. The van der Waals surface area contributed by atoms with Gasteiger partial charge in [0.05, 0.1) is 22.3 Å². The van der Waals surface area contributed by atoms with Crippen LogP contribution in [0.2, 0.25) is 0 Å². The maximum Gasteiger partial charge on any atom is 0.283 e. The van der Waals surface area contributed by atoms with Gasteiger partial charge in [-0.2, -0.15) is 10.1 Å². The van der Waals surface area contributed by atoms with E-state index in [2.05, 4.69) is 15.1 Å². The van der Waals surface area contributed by atoms with Crippen molar-refractivity contribution in [1.82, 2.24) is 9.97 Å². The van der Waals surface area contributed by atoms with Crippen LogP contribution in [0.15, 0.2) is 59.2 Å². The summed E-state index contributed by atoms with van der Waals surface area (Å²) in [6.07, 6.45) is 1.86. The van der Waals surface area contributed by atoms with E-state index in [0.29, 0.717) is 17.2 Å². The number of carbonyl (C=O) groups is 1. The summed E-state index contributed by atoms with van der Waals surface area (Å²) in [5.74, 6) is 0.250. The second-order valence-electron chi connectivity index (χ2n) is 6.42. The first-order chi connectivity index (χ1) is 12.5. The molecule has 4 rings (SSSR count). The summed E-state index contributed by atoms with van der Waals surface area (Å²) >= 11 is 0. The lowest BCUT2D eigenvalue weighted by atomic mass is 10.1. The average Bonchev–Trinajstić information content (AvgIpc) is 3.18. The summed E-state index contributed by atoms with van der Waals surface area (Å²) in [6, 6.07) is 15.7. The molecule has 2 aromatic carbocycles. The van der Waals surface area contributed by atoms with Gasteiger partial charge in [0.2, 0.25) is 5.95 Å². The largest absolute Gasteiger partial charge is 0.378 e. The molecule has 6 nitrogen and oxygen atoms in total. The molecular weight excluding hydrogens is 326 g/mol. The molecule has 0 bridgehead atoms. The van der Waals surface area contributed by atoms with E-state index >= 15 is 0 Å². The fourth-order valence-corrected chi connectivity index (χ4v) is 2.90. The number of rotatable bonds is 3. The molecule has 1 N–H and O–H groups in total. The van der Waals surface area contributed by atoms with Gasteiger partial charge in [-0.1, -0.05) is 24.3 Å². The van der Waals surface area contributed by atoms with Gasteiger partial charge in [-0.3, -0.25) is 4.79 Å². The van der Waals surface area contributed by atoms with E-state index in [1.165, 1.54) is 5.01 Å². The van der Waals surface area contributed by atoms with Crippen LogP contribution in [0, 0.1) is 0 Å². The Kier molecular flexibility index (Phi) is 3.80. The fraction of sp³-hybridized carbons (Fsp3) is 0.150.